The number of halogens is 1. The van der Waals surface area contributed by atoms with Gasteiger partial charge < -0.3 is 15.0 Å². The molecule has 0 aliphatic rings. The van der Waals surface area contributed by atoms with E-state index >= 15 is 0 Å². The van der Waals surface area contributed by atoms with Crippen LogP contribution >= 0.6 is 15.9 Å². The van der Waals surface area contributed by atoms with Gasteiger partial charge in [-0.25, -0.2) is 0 Å². The Hall–Kier alpha value is -1.07. The minimum Gasteiger partial charge on any atom is -0.492 e. The summed E-state index contributed by atoms with van der Waals surface area (Å²) in [7, 11) is 4.01. The van der Waals surface area contributed by atoms with Gasteiger partial charge in [-0.1, -0.05) is 15.9 Å². The van der Waals surface area contributed by atoms with E-state index in [1.807, 2.05) is 38.4 Å². The molecule has 1 rings (SSSR count). The van der Waals surface area contributed by atoms with Crippen LogP contribution in [-0.2, 0) is 4.79 Å². The summed E-state index contributed by atoms with van der Waals surface area (Å²) >= 11 is 3.22. The first-order chi connectivity index (χ1) is 8.49. The van der Waals surface area contributed by atoms with E-state index in [0.29, 0.717) is 6.61 Å². The van der Waals surface area contributed by atoms with Crippen molar-refractivity contribution in [3.63, 3.8) is 0 Å². The summed E-state index contributed by atoms with van der Waals surface area (Å²) in [5.41, 5.74) is 0.770. The van der Waals surface area contributed by atoms with E-state index in [-0.39, 0.29) is 10.7 Å². The van der Waals surface area contributed by atoms with E-state index in [0.717, 1.165) is 18.0 Å². The number of anilines is 1. The molecule has 0 bridgehead atoms. The zero-order valence-electron chi connectivity index (χ0n) is 10.9. The maximum atomic E-state index is 11.4. The van der Waals surface area contributed by atoms with Crippen molar-refractivity contribution < 1.29 is 9.53 Å². The molecule has 0 saturated heterocycles. The number of carbonyl (C=O) groups excluding carboxylic acids is 1. The lowest BCUT2D eigenvalue weighted by molar-refractivity contribution is -0.115. The highest BCUT2D eigenvalue weighted by Crippen LogP contribution is 2.16. The first kappa shape index (κ1) is 15.0. The van der Waals surface area contributed by atoms with Crippen molar-refractivity contribution >= 4 is 27.5 Å². The number of nitrogens with one attached hydrogen (secondary N) is 1. The Morgan fingerprint density at radius 3 is 2.50 bits per heavy atom. The maximum Gasteiger partial charge on any atom is 0.237 e. The zero-order chi connectivity index (χ0) is 13.5. The summed E-state index contributed by atoms with van der Waals surface area (Å²) in [5, 5.41) is 2.79. The second-order valence-corrected chi connectivity index (χ2v) is 5.65. The lowest BCUT2D eigenvalue weighted by atomic mass is 10.3. The van der Waals surface area contributed by atoms with Gasteiger partial charge in [-0.15, -0.1) is 0 Å². The third kappa shape index (κ3) is 5.51. The molecular weight excluding hydrogens is 296 g/mol. The molecule has 0 fully saturated rings. The maximum absolute atomic E-state index is 11.4. The van der Waals surface area contributed by atoms with Crippen molar-refractivity contribution in [2.75, 3.05) is 32.6 Å². The van der Waals surface area contributed by atoms with Crippen molar-refractivity contribution in [1.82, 2.24) is 4.90 Å². The Morgan fingerprint density at radius 1 is 1.39 bits per heavy atom. The van der Waals surface area contributed by atoms with Crippen LogP contribution in [0.1, 0.15) is 6.92 Å². The van der Waals surface area contributed by atoms with Gasteiger partial charge in [0.1, 0.15) is 12.4 Å². The van der Waals surface area contributed by atoms with Crippen molar-refractivity contribution in [2.24, 2.45) is 0 Å². The number of rotatable bonds is 6. The number of alkyl halides is 1. The fraction of sp³-hybridized carbons (Fsp3) is 0.462. The van der Waals surface area contributed by atoms with Crippen LogP contribution in [0, 0.1) is 0 Å². The summed E-state index contributed by atoms with van der Waals surface area (Å²) in [6, 6.07) is 7.37. The van der Waals surface area contributed by atoms with Gasteiger partial charge >= 0.3 is 0 Å². The van der Waals surface area contributed by atoms with Gasteiger partial charge in [-0.05, 0) is 45.3 Å². The highest BCUT2D eigenvalue weighted by Gasteiger charge is 2.08. The van der Waals surface area contributed by atoms with Gasteiger partial charge in [-0.2, -0.15) is 0 Å². The van der Waals surface area contributed by atoms with Crippen molar-refractivity contribution in [3.8, 4) is 5.75 Å². The van der Waals surface area contributed by atoms with Gasteiger partial charge in [0, 0.05) is 12.2 Å². The first-order valence-electron chi connectivity index (χ1n) is 5.81. The molecule has 1 amide bonds. The summed E-state index contributed by atoms with van der Waals surface area (Å²) < 4.78 is 5.56. The Balaban J connectivity index is 2.45. The fourth-order valence-corrected chi connectivity index (χ4v) is 1.34. The van der Waals surface area contributed by atoms with Crippen LogP contribution in [0.3, 0.4) is 0 Å². The number of carbonyl (C=O) groups is 1. The van der Waals surface area contributed by atoms with Crippen LogP contribution in [0.15, 0.2) is 24.3 Å². The molecule has 100 valence electrons. The minimum atomic E-state index is -0.200. The lowest BCUT2D eigenvalue weighted by Crippen LogP contribution is -2.20. The third-order valence-corrected chi connectivity index (χ3v) is 2.71. The minimum absolute atomic E-state index is 0.0590. The Labute approximate surface area is 116 Å². The number of likely N-dealkylation sites (N-methyl/N-ethyl adjacent to an activating group) is 1. The zero-order valence-corrected chi connectivity index (χ0v) is 12.5. The molecule has 1 unspecified atom stereocenters. The van der Waals surface area contributed by atoms with Gasteiger partial charge in [-0.3, -0.25) is 4.79 Å². The molecule has 4 nitrogen and oxygen atoms in total. The first-order valence-corrected chi connectivity index (χ1v) is 6.73. The summed E-state index contributed by atoms with van der Waals surface area (Å²) in [5.74, 6) is 0.748. The topological polar surface area (TPSA) is 41.6 Å². The number of hydrogen-bond donors (Lipinski definition) is 1. The third-order valence-electron chi connectivity index (χ3n) is 2.29. The number of hydrogen-bond acceptors (Lipinski definition) is 3. The summed E-state index contributed by atoms with van der Waals surface area (Å²) in [4.78, 5) is 13.3. The molecular formula is C13H19BrN2O2. The average molecular weight is 315 g/mol. The van der Waals surface area contributed by atoms with Crippen LogP contribution < -0.4 is 10.1 Å². The quantitative estimate of drug-likeness (QED) is 0.820. The van der Waals surface area contributed by atoms with Gasteiger partial charge in [0.05, 0.1) is 4.83 Å². The molecule has 0 aliphatic carbocycles. The molecule has 0 radical (unpaired) electrons. The normalized spacial score (nSPS) is 12.3. The molecule has 0 heterocycles. The van der Waals surface area contributed by atoms with Crippen LogP contribution in [-0.4, -0.2) is 42.9 Å². The molecule has 0 aromatic heterocycles. The molecule has 0 spiro atoms. The van der Waals surface area contributed by atoms with Gasteiger partial charge in [0.2, 0.25) is 5.91 Å². The van der Waals surface area contributed by atoms with E-state index in [9.17, 15) is 4.79 Å². The van der Waals surface area contributed by atoms with Crippen molar-refractivity contribution in [3.05, 3.63) is 24.3 Å². The largest absolute Gasteiger partial charge is 0.492 e. The summed E-state index contributed by atoms with van der Waals surface area (Å²) in [6.45, 7) is 3.31. The Kier molecular flexibility index (Phi) is 6.15. The van der Waals surface area contributed by atoms with Crippen LogP contribution in [0.5, 0.6) is 5.75 Å². The van der Waals surface area contributed by atoms with Crippen molar-refractivity contribution in [2.45, 2.75) is 11.8 Å². The van der Waals surface area contributed by atoms with E-state index in [1.54, 1.807) is 6.92 Å². The second-order valence-electron chi connectivity index (χ2n) is 4.28. The second kappa shape index (κ2) is 7.38. The molecule has 18 heavy (non-hydrogen) atoms. The predicted octanol–water partition coefficient (Wildman–Crippen LogP) is 2.35. The van der Waals surface area contributed by atoms with Crippen LogP contribution in [0.25, 0.3) is 0 Å². The van der Waals surface area contributed by atoms with Crippen LogP contribution in [0.4, 0.5) is 5.69 Å². The SMILES string of the molecule is CC(Br)C(=O)Nc1ccc(OCCN(C)C)cc1. The number of ether oxygens (including phenoxy) is 1. The average Bonchev–Trinajstić information content (AvgIpc) is 2.30. The van der Waals surface area contributed by atoms with E-state index in [4.69, 9.17) is 4.74 Å². The summed E-state index contributed by atoms with van der Waals surface area (Å²) in [6.07, 6.45) is 0. The van der Waals surface area contributed by atoms with E-state index in [2.05, 4.69) is 26.1 Å². The molecule has 1 atom stereocenters. The number of amides is 1. The van der Waals surface area contributed by atoms with E-state index in [1.165, 1.54) is 0 Å². The molecule has 5 heteroatoms. The highest BCUT2D eigenvalue weighted by molar-refractivity contribution is 9.10. The predicted molar refractivity (Wildman–Crippen MR) is 77.5 cm³/mol. The molecule has 0 saturated carbocycles. The number of benzene rings is 1. The monoisotopic (exact) mass is 314 g/mol. The van der Waals surface area contributed by atoms with Crippen molar-refractivity contribution in [1.29, 1.82) is 0 Å². The van der Waals surface area contributed by atoms with Crippen LogP contribution in [0.2, 0.25) is 0 Å². The standard InChI is InChI=1S/C13H19BrN2O2/c1-10(14)13(17)15-11-4-6-12(7-5-11)18-9-8-16(2)3/h4-7,10H,8-9H2,1-3H3,(H,15,17). The van der Waals surface area contributed by atoms with E-state index < -0.39 is 0 Å². The Bertz CT molecular complexity index is 377. The number of nitrogens with zero attached hydrogens (tertiary/aromatic N) is 1. The smallest absolute Gasteiger partial charge is 0.237 e. The highest BCUT2D eigenvalue weighted by atomic mass is 79.9. The molecule has 1 aromatic rings. The Morgan fingerprint density at radius 2 is 2.00 bits per heavy atom. The fourth-order valence-electron chi connectivity index (χ4n) is 1.22. The molecule has 1 aromatic carbocycles. The van der Waals surface area contributed by atoms with Gasteiger partial charge in [0.25, 0.3) is 0 Å². The molecule has 1 N–H and O–H groups in total. The lowest BCUT2D eigenvalue weighted by Gasteiger charge is -2.11. The molecule has 0 aliphatic heterocycles. The van der Waals surface area contributed by atoms with Gasteiger partial charge in [0.15, 0.2) is 0 Å².